The molecule has 8 heteroatoms. The maximum Gasteiger partial charge on any atom is 0.233 e. The minimum Gasteiger partial charge on any atom is -0.505 e. The number of fused-ring (bicyclic) bond motifs is 3. The number of Topliss-reactive ketones (excluding diaryl/α,β-unsaturated/α-hetero) is 1. The van der Waals surface area contributed by atoms with Crippen molar-refractivity contribution < 1.29 is 28.7 Å². The summed E-state index contributed by atoms with van der Waals surface area (Å²) >= 11 is 0. The number of carbonyl (C=O) groups excluding carboxylic acids is 4. The highest BCUT2D eigenvalue weighted by molar-refractivity contribution is 6.24. The van der Waals surface area contributed by atoms with E-state index in [9.17, 15) is 28.7 Å². The molecule has 2 heterocycles. The van der Waals surface area contributed by atoms with Crippen LogP contribution < -0.4 is 0 Å². The monoisotopic (exact) mass is 580 g/mol. The highest BCUT2D eigenvalue weighted by atomic mass is 19.1. The van der Waals surface area contributed by atoms with Gasteiger partial charge >= 0.3 is 0 Å². The molecule has 220 valence electrons. The molecule has 1 N–H and O–H groups in total. The molecule has 2 fully saturated rings. The minimum absolute atomic E-state index is 0.158. The quantitative estimate of drug-likeness (QED) is 0.322. The molecule has 0 bridgehead atoms. The molecule has 2 saturated heterocycles. The summed E-state index contributed by atoms with van der Waals surface area (Å²) in [5.41, 5.74) is 2.94. The molecule has 0 radical (unpaired) electrons. The maximum absolute atomic E-state index is 14.6. The van der Waals surface area contributed by atoms with Gasteiger partial charge < -0.3 is 5.11 Å². The lowest BCUT2D eigenvalue weighted by molar-refractivity contribution is -0.144. The Balaban J connectivity index is 1.19. The standard InChI is InChI=1S/C35H33FN2O5/c1-19-16-28(39)26-17-25-22(29(31(26)32(19)40)23-8-5-9-27(36)33(23)41)10-11-24-30(25)35(43)38(34(24)42)21-12-14-37(15-13-21)18-20-6-3-2-4-7-20/h2-10,16,21,24-25,29-30,41H,11-15,17-18H2,1H3. The van der Waals surface area contributed by atoms with E-state index in [2.05, 4.69) is 17.0 Å². The van der Waals surface area contributed by atoms with Crippen molar-refractivity contribution in [3.05, 3.63) is 99.9 Å². The third-order valence-electron chi connectivity index (χ3n) is 10.1. The summed E-state index contributed by atoms with van der Waals surface area (Å²) in [6.07, 6.45) is 5.08. The third kappa shape index (κ3) is 4.42. The number of phenolic OH excluding ortho intramolecular Hbond substituents is 1. The van der Waals surface area contributed by atoms with Crippen LogP contribution in [0.5, 0.6) is 5.75 Å². The molecule has 7 rings (SSSR count). The van der Waals surface area contributed by atoms with E-state index >= 15 is 0 Å². The zero-order chi connectivity index (χ0) is 30.0. The van der Waals surface area contributed by atoms with Crippen molar-refractivity contribution in [2.45, 2.75) is 51.1 Å². The normalized spacial score (nSPS) is 28.0. The van der Waals surface area contributed by atoms with Crippen LogP contribution in [-0.2, 0) is 25.7 Å². The van der Waals surface area contributed by atoms with Gasteiger partial charge in [-0.3, -0.25) is 29.0 Å². The van der Waals surface area contributed by atoms with Gasteiger partial charge in [0.05, 0.1) is 11.8 Å². The Morgan fingerprint density at radius 2 is 1.67 bits per heavy atom. The Morgan fingerprint density at radius 1 is 0.930 bits per heavy atom. The average molecular weight is 581 g/mol. The van der Waals surface area contributed by atoms with Gasteiger partial charge in [0.2, 0.25) is 11.8 Å². The van der Waals surface area contributed by atoms with E-state index in [0.717, 1.165) is 25.7 Å². The number of allylic oxidation sites excluding steroid dienone is 6. The molecule has 4 unspecified atom stereocenters. The minimum atomic E-state index is -0.872. The van der Waals surface area contributed by atoms with Crippen molar-refractivity contribution in [2.24, 2.45) is 17.8 Å². The zero-order valence-corrected chi connectivity index (χ0v) is 24.0. The lowest BCUT2D eigenvalue weighted by Crippen LogP contribution is -2.47. The number of aromatic hydroxyl groups is 1. The first kappa shape index (κ1) is 27.7. The number of benzene rings is 2. The van der Waals surface area contributed by atoms with E-state index in [1.54, 1.807) is 13.0 Å². The van der Waals surface area contributed by atoms with Crippen LogP contribution in [0.3, 0.4) is 0 Å². The second kappa shape index (κ2) is 10.5. The Kier molecular flexibility index (Phi) is 6.77. The molecular weight excluding hydrogens is 547 g/mol. The van der Waals surface area contributed by atoms with Crippen molar-refractivity contribution in [3.63, 3.8) is 0 Å². The van der Waals surface area contributed by atoms with Crippen LogP contribution in [0.25, 0.3) is 0 Å². The first-order valence-electron chi connectivity index (χ1n) is 15.1. The number of ketones is 2. The molecule has 43 heavy (non-hydrogen) atoms. The number of phenols is 1. The lowest BCUT2D eigenvalue weighted by atomic mass is 9.59. The van der Waals surface area contributed by atoms with Crippen molar-refractivity contribution >= 4 is 23.4 Å². The SMILES string of the molecule is CC1=CC(=O)C2=C(C1=O)C(c1cccc(F)c1O)C1=CCC3C(=O)N(C4CCN(Cc5ccccc5)CC4)C(=O)C3C1C2. The topological polar surface area (TPSA) is 95.0 Å². The zero-order valence-electron chi connectivity index (χ0n) is 24.0. The van der Waals surface area contributed by atoms with E-state index < -0.39 is 35.2 Å². The average Bonchev–Trinajstić information content (AvgIpc) is 3.27. The number of nitrogens with zero attached hydrogens (tertiary/aromatic N) is 2. The van der Waals surface area contributed by atoms with Crippen LogP contribution in [0, 0.1) is 23.6 Å². The summed E-state index contributed by atoms with van der Waals surface area (Å²) in [7, 11) is 0. The molecule has 4 atom stereocenters. The molecule has 2 aliphatic heterocycles. The fraction of sp³-hybridized carbons (Fsp3) is 0.371. The van der Waals surface area contributed by atoms with E-state index in [-0.39, 0.29) is 52.6 Å². The summed E-state index contributed by atoms with van der Waals surface area (Å²) < 4.78 is 14.6. The number of carbonyl (C=O) groups is 4. The van der Waals surface area contributed by atoms with Gasteiger partial charge in [-0.15, -0.1) is 0 Å². The van der Waals surface area contributed by atoms with E-state index in [1.807, 2.05) is 24.3 Å². The molecule has 7 nitrogen and oxygen atoms in total. The summed E-state index contributed by atoms with van der Waals surface area (Å²) in [6, 6.07) is 14.2. The smallest absolute Gasteiger partial charge is 0.233 e. The second-order valence-corrected chi connectivity index (χ2v) is 12.4. The van der Waals surface area contributed by atoms with Crippen molar-refractivity contribution in [2.75, 3.05) is 13.1 Å². The Labute approximate surface area is 249 Å². The van der Waals surface area contributed by atoms with Crippen LogP contribution in [0.2, 0.25) is 0 Å². The van der Waals surface area contributed by atoms with Gasteiger partial charge in [0, 0.05) is 53.9 Å². The maximum atomic E-state index is 14.6. The van der Waals surface area contributed by atoms with Crippen LogP contribution in [-0.4, -0.2) is 57.4 Å². The van der Waals surface area contributed by atoms with Crippen LogP contribution in [0.1, 0.15) is 49.7 Å². The Bertz CT molecular complexity index is 1650. The largest absolute Gasteiger partial charge is 0.505 e. The third-order valence-corrected chi connectivity index (χ3v) is 10.1. The molecule has 2 aromatic carbocycles. The summed E-state index contributed by atoms with van der Waals surface area (Å²) in [5.74, 6) is -5.01. The number of rotatable bonds is 4. The van der Waals surface area contributed by atoms with Gasteiger partial charge in [-0.25, -0.2) is 4.39 Å². The number of hydrogen-bond acceptors (Lipinski definition) is 6. The molecular formula is C35H33FN2O5. The first-order chi connectivity index (χ1) is 20.7. The molecule has 2 amide bonds. The lowest BCUT2D eigenvalue weighted by Gasteiger charge is -2.42. The molecule has 3 aliphatic carbocycles. The van der Waals surface area contributed by atoms with Crippen LogP contribution in [0.15, 0.2) is 83.0 Å². The van der Waals surface area contributed by atoms with Crippen LogP contribution in [0.4, 0.5) is 4.39 Å². The van der Waals surface area contributed by atoms with E-state index in [1.165, 1.54) is 22.6 Å². The van der Waals surface area contributed by atoms with Gasteiger partial charge in [-0.05, 0) is 56.2 Å². The number of para-hydroxylation sites is 1. The van der Waals surface area contributed by atoms with Crippen molar-refractivity contribution in [3.8, 4) is 5.75 Å². The number of hydrogen-bond donors (Lipinski definition) is 1. The number of halogens is 1. The number of likely N-dealkylation sites (tertiary alicyclic amines) is 2. The van der Waals surface area contributed by atoms with E-state index in [0.29, 0.717) is 30.4 Å². The molecule has 0 aromatic heterocycles. The summed E-state index contributed by atoms with van der Waals surface area (Å²) in [5, 5.41) is 10.8. The van der Waals surface area contributed by atoms with Crippen LogP contribution >= 0.6 is 0 Å². The fourth-order valence-corrected chi connectivity index (χ4v) is 8.04. The molecule has 5 aliphatic rings. The highest BCUT2D eigenvalue weighted by Gasteiger charge is 2.57. The summed E-state index contributed by atoms with van der Waals surface area (Å²) in [6.45, 7) is 3.95. The Hall–Kier alpha value is -4.17. The first-order valence-corrected chi connectivity index (χ1v) is 15.1. The van der Waals surface area contributed by atoms with Gasteiger partial charge in [0.15, 0.2) is 23.1 Å². The number of amides is 2. The molecule has 0 spiro atoms. The van der Waals surface area contributed by atoms with E-state index in [4.69, 9.17) is 0 Å². The summed E-state index contributed by atoms with van der Waals surface area (Å²) in [4.78, 5) is 58.6. The van der Waals surface area contributed by atoms with Crippen molar-refractivity contribution in [1.29, 1.82) is 0 Å². The predicted octanol–water partition coefficient (Wildman–Crippen LogP) is 4.63. The predicted molar refractivity (Wildman–Crippen MR) is 156 cm³/mol. The van der Waals surface area contributed by atoms with Crippen molar-refractivity contribution in [1.82, 2.24) is 9.80 Å². The Morgan fingerprint density at radius 3 is 2.42 bits per heavy atom. The fourth-order valence-electron chi connectivity index (χ4n) is 8.04. The van der Waals surface area contributed by atoms with Gasteiger partial charge in [0.1, 0.15) is 0 Å². The van der Waals surface area contributed by atoms with Gasteiger partial charge in [-0.2, -0.15) is 0 Å². The molecule has 2 aromatic rings. The number of imide groups is 1. The highest BCUT2D eigenvalue weighted by Crippen LogP contribution is 2.56. The van der Waals surface area contributed by atoms with Gasteiger partial charge in [0.25, 0.3) is 0 Å². The second-order valence-electron chi connectivity index (χ2n) is 12.4. The number of piperidine rings is 1. The molecule has 0 saturated carbocycles. The van der Waals surface area contributed by atoms with Gasteiger partial charge in [-0.1, -0.05) is 54.1 Å².